The third-order valence-corrected chi connectivity index (χ3v) is 5.28. The largest absolute Gasteiger partial charge is 0.396 e. The van der Waals surface area contributed by atoms with Gasteiger partial charge in [-0.05, 0) is 24.5 Å². The highest BCUT2D eigenvalue weighted by atomic mass is 32.2. The Labute approximate surface area is 127 Å². The highest BCUT2D eigenvalue weighted by Gasteiger charge is 2.23. The lowest BCUT2D eigenvalue weighted by Crippen LogP contribution is -2.28. The summed E-state index contributed by atoms with van der Waals surface area (Å²) >= 11 is 0. The summed E-state index contributed by atoms with van der Waals surface area (Å²) in [6, 6.07) is 4.92. The fourth-order valence-electron chi connectivity index (χ4n) is 2.00. The van der Waals surface area contributed by atoms with Gasteiger partial charge in [-0.2, -0.15) is 0 Å². The lowest BCUT2D eigenvalue weighted by atomic mass is 10.0. The monoisotopic (exact) mass is 315 g/mol. The van der Waals surface area contributed by atoms with Crippen molar-refractivity contribution in [3.05, 3.63) is 18.2 Å². The zero-order chi connectivity index (χ0) is 16.2. The van der Waals surface area contributed by atoms with Crippen LogP contribution in [0.3, 0.4) is 0 Å². The highest BCUT2D eigenvalue weighted by molar-refractivity contribution is 7.89. The van der Waals surface area contributed by atoms with Crippen molar-refractivity contribution in [2.45, 2.75) is 31.2 Å². The van der Waals surface area contributed by atoms with Gasteiger partial charge in [-0.15, -0.1) is 0 Å². The third-order valence-electron chi connectivity index (χ3n) is 3.41. The van der Waals surface area contributed by atoms with Crippen LogP contribution in [0.4, 0.5) is 11.4 Å². The first-order valence-corrected chi connectivity index (χ1v) is 8.34. The number of hydrogen-bond donors (Lipinski definition) is 3. The maximum Gasteiger partial charge on any atom is 0.244 e. The summed E-state index contributed by atoms with van der Waals surface area (Å²) in [6.45, 7) is 4.12. The number of benzene rings is 1. The van der Waals surface area contributed by atoms with Gasteiger partial charge in [0.25, 0.3) is 0 Å². The molecule has 0 fully saturated rings. The molecule has 1 rings (SSSR count). The Bertz CT molecular complexity index is 571. The molecule has 120 valence electrons. The number of nitrogens with two attached hydrogens (primary N) is 1. The summed E-state index contributed by atoms with van der Waals surface area (Å²) in [5.41, 5.74) is 6.80. The van der Waals surface area contributed by atoms with Crippen LogP contribution in [0.1, 0.15) is 20.3 Å². The van der Waals surface area contributed by atoms with Crippen LogP contribution in [-0.2, 0) is 10.0 Å². The van der Waals surface area contributed by atoms with Gasteiger partial charge in [0.15, 0.2) is 0 Å². The molecule has 0 aliphatic carbocycles. The lowest BCUT2D eigenvalue weighted by molar-refractivity contribution is 0.267. The van der Waals surface area contributed by atoms with Crippen molar-refractivity contribution in [3.8, 4) is 0 Å². The van der Waals surface area contributed by atoms with Gasteiger partial charge in [-0.25, -0.2) is 12.7 Å². The van der Waals surface area contributed by atoms with Gasteiger partial charge < -0.3 is 16.2 Å². The second-order valence-corrected chi connectivity index (χ2v) is 7.63. The zero-order valence-corrected chi connectivity index (χ0v) is 13.8. The number of anilines is 2. The number of aliphatic hydroxyl groups excluding tert-OH is 1. The first-order valence-electron chi connectivity index (χ1n) is 6.90. The molecule has 1 unspecified atom stereocenters. The van der Waals surface area contributed by atoms with E-state index in [0.717, 1.165) is 4.31 Å². The standard InChI is InChI=1S/C14H25N3O3S/c1-10(2)11(8-9-18)16-12-6-5-7-13(14(12)15)21(19,20)17(3)4/h5-7,10-11,16,18H,8-9,15H2,1-4H3. The van der Waals surface area contributed by atoms with E-state index in [1.54, 1.807) is 12.1 Å². The first-order chi connectivity index (χ1) is 9.71. The van der Waals surface area contributed by atoms with Crippen molar-refractivity contribution in [1.29, 1.82) is 0 Å². The van der Waals surface area contributed by atoms with Crippen LogP contribution >= 0.6 is 0 Å². The summed E-state index contributed by atoms with van der Waals surface area (Å²) in [5.74, 6) is 0.283. The number of para-hydroxylation sites is 1. The molecule has 0 heterocycles. The quantitative estimate of drug-likeness (QED) is 0.660. The Balaban J connectivity index is 3.17. The van der Waals surface area contributed by atoms with Crippen LogP contribution in [0.5, 0.6) is 0 Å². The Morgan fingerprint density at radius 3 is 2.43 bits per heavy atom. The van der Waals surface area contributed by atoms with Gasteiger partial charge in [0, 0.05) is 26.7 Å². The fourth-order valence-corrected chi connectivity index (χ4v) is 3.03. The van der Waals surface area contributed by atoms with Crippen LogP contribution in [0.2, 0.25) is 0 Å². The average molecular weight is 315 g/mol. The smallest absolute Gasteiger partial charge is 0.244 e. The van der Waals surface area contributed by atoms with E-state index in [1.807, 2.05) is 13.8 Å². The van der Waals surface area contributed by atoms with E-state index in [2.05, 4.69) is 5.32 Å². The number of nitrogens with one attached hydrogen (secondary N) is 1. The number of sulfonamides is 1. The Morgan fingerprint density at radius 1 is 1.33 bits per heavy atom. The van der Waals surface area contributed by atoms with E-state index in [4.69, 9.17) is 10.8 Å². The fraction of sp³-hybridized carbons (Fsp3) is 0.571. The molecule has 0 amide bonds. The molecule has 1 aromatic carbocycles. The highest BCUT2D eigenvalue weighted by Crippen LogP contribution is 2.29. The van der Waals surface area contributed by atoms with Crippen molar-refractivity contribution in [2.24, 2.45) is 5.92 Å². The van der Waals surface area contributed by atoms with Crippen LogP contribution in [0.25, 0.3) is 0 Å². The molecular formula is C14H25N3O3S. The molecule has 21 heavy (non-hydrogen) atoms. The van der Waals surface area contributed by atoms with Crippen molar-refractivity contribution >= 4 is 21.4 Å². The Hall–Kier alpha value is -1.31. The third kappa shape index (κ3) is 4.09. The summed E-state index contributed by atoms with van der Waals surface area (Å²) in [6.07, 6.45) is 0.571. The molecule has 0 saturated carbocycles. The molecule has 0 aromatic heterocycles. The second kappa shape index (κ2) is 7.11. The van der Waals surface area contributed by atoms with Gasteiger partial charge in [0.2, 0.25) is 10.0 Å². The maximum absolute atomic E-state index is 12.2. The molecular weight excluding hydrogens is 290 g/mol. The van der Waals surface area contributed by atoms with E-state index < -0.39 is 10.0 Å². The van der Waals surface area contributed by atoms with Gasteiger partial charge in [0.05, 0.1) is 11.4 Å². The number of nitrogen functional groups attached to an aromatic ring is 1. The average Bonchev–Trinajstić information content (AvgIpc) is 2.39. The molecule has 4 N–H and O–H groups in total. The number of nitrogens with zero attached hydrogens (tertiary/aromatic N) is 1. The number of hydrogen-bond acceptors (Lipinski definition) is 5. The summed E-state index contributed by atoms with van der Waals surface area (Å²) in [4.78, 5) is 0.0870. The molecule has 0 aliphatic rings. The maximum atomic E-state index is 12.2. The molecule has 0 spiro atoms. The van der Waals surface area contributed by atoms with Crippen molar-refractivity contribution < 1.29 is 13.5 Å². The minimum atomic E-state index is -3.58. The predicted molar refractivity (Wildman–Crippen MR) is 85.7 cm³/mol. The predicted octanol–water partition coefficient (Wildman–Crippen LogP) is 1.34. The normalized spacial score (nSPS) is 13.7. The Kier molecular flexibility index (Phi) is 6.00. The molecule has 0 radical (unpaired) electrons. The summed E-state index contributed by atoms with van der Waals surface area (Å²) < 4.78 is 25.6. The van der Waals surface area contributed by atoms with Crippen molar-refractivity contribution in [1.82, 2.24) is 4.31 Å². The number of aliphatic hydroxyl groups is 1. The topological polar surface area (TPSA) is 95.7 Å². The molecule has 0 aliphatic heterocycles. The van der Waals surface area contributed by atoms with Gasteiger partial charge in [0.1, 0.15) is 4.90 Å². The molecule has 0 bridgehead atoms. The Morgan fingerprint density at radius 2 is 1.95 bits per heavy atom. The van der Waals surface area contributed by atoms with Crippen LogP contribution < -0.4 is 11.1 Å². The first kappa shape index (κ1) is 17.7. The van der Waals surface area contributed by atoms with E-state index in [1.165, 1.54) is 20.2 Å². The van der Waals surface area contributed by atoms with Gasteiger partial charge in [-0.3, -0.25) is 0 Å². The van der Waals surface area contributed by atoms with E-state index in [0.29, 0.717) is 12.1 Å². The molecule has 6 nitrogen and oxygen atoms in total. The second-order valence-electron chi connectivity index (χ2n) is 5.51. The molecule has 1 atom stereocenters. The van der Waals surface area contributed by atoms with Crippen LogP contribution in [0.15, 0.2) is 23.1 Å². The molecule has 0 saturated heterocycles. The summed E-state index contributed by atoms with van der Waals surface area (Å²) in [5, 5.41) is 12.3. The van der Waals surface area contributed by atoms with E-state index in [-0.39, 0.29) is 29.1 Å². The molecule has 1 aromatic rings. The van der Waals surface area contributed by atoms with Crippen LogP contribution in [-0.4, -0.2) is 44.6 Å². The van der Waals surface area contributed by atoms with Crippen molar-refractivity contribution in [3.63, 3.8) is 0 Å². The molecule has 7 heteroatoms. The van der Waals surface area contributed by atoms with E-state index in [9.17, 15) is 8.42 Å². The summed E-state index contributed by atoms with van der Waals surface area (Å²) in [7, 11) is -0.640. The van der Waals surface area contributed by atoms with Crippen LogP contribution in [0, 0.1) is 5.92 Å². The van der Waals surface area contributed by atoms with Gasteiger partial charge in [-0.1, -0.05) is 19.9 Å². The van der Waals surface area contributed by atoms with Gasteiger partial charge >= 0.3 is 0 Å². The number of rotatable bonds is 7. The SMILES string of the molecule is CC(C)C(CCO)Nc1cccc(S(=O)(=O)N(C)C)c1N. The van der Waals surface area contributed by atoms with Crippen molar-refractivity contribution in [2.75, 3.05) is 31.8 Å². The minimum absolute atomic E-state index is 0.0228. The minimum Gasteiger partial charge on any atom is -0.396 e. The lowest BCUT2D eigenvalue weighted by Gasteiger charge is -2.24. The van der Waals surface area contributed by atoms with E-state index >= 15 is 0 Å². The zero-order valence-electron chi connectivity index (χ0n) is 13.0.